The molecule has 0 radical (unpaired) electrons. The highest BCUT2D eigenvalue weighted by Gasteiger charge is 2.20. The van der Waals surface area contributed by atoms with Crippen molar-refractivity contribution in [2.45, 2.75) is 13.8 Å². The third kappa shape index (κ3) is 7.31. The quantitative estimate of drug-likeness (QED) is 0.245. The van der Waals surface area contributed by atoms with Crippen LogP contribution in [0.5, 0.6) is 0 Å². The third-order valence-corrected chi connectivity index (χ3v) is 5.70. The van der Waals surface area contributed by atoms with Crippen LogP contribution >= 0.6 is 0 Å². The van der Waals surface area contributed by atoms with Gasteiger partial charge in [0.2, 0.25) is 5.39 Å². The molecule has 0 aliphatic rings. The lowest BCUT2D eigenvalue weighted by atomic mass is 10.1. The fourth-order valence-electron chi connectivity index (χ4n) is 3.79. The Morgan fingerprint density at radius 3 is 1.50 bits per heavy atom. The van der Waals surface area contributed by atoms with Crippen molar-refractivity contribution < 1.29 is 19.1 Å². The summed E-state index contributed by atoms with van der Waals surface area (Å²) in [4.78, 5) is 32.7. The minimum Gasteiger partial charge on any atom is -0.460 e. The van der Waals surface area contributed by atoms with Crippen molar-refractivity contribution in [2.24, 2.45) is 0 Å². The summed E-state index contributed by atoms with van der Waals surface area (Å²) in [5.74, 6) is -1.22. The summed E-state index contributed by atoms with van der Waals surface area (Å²) in [7, 11) is 0. The molecule has 3 rings (SSSR count). The van der Waals surface area contributed by atoms with Crippen LogP contribution in [0.2, 0.25) is 0 Å². The first kappa shape index (κ1) is 26.2. The van der Waals surface area contributed by atoms with E-state index in [1.54, 1.807) is 0 Å². The molecule has 0 aromatic heterocycles. The van der Waals surface area contributed by atoms with Crippen LogP contribution in [-0.2, 0) is 9.47 Å². The van der Waals surface area contributed by atoms with E-state index in [2.05, 4.69) is 14.8 Å². The van der Waals surface area contributed by atoms with Crippen LogP contribution in [0.25, 0.3) is 4.98 Å². The average Bonchev–Trinajstić information content (AvgIpc) is 2.93. The Labute approximate surface area is 211 Å². The predicted molar refractivity (Wildman–Crippen MR) is 140 cm³/mol. The average molecular weight is 488 g/mol. The number of rotatable bonds is 12. The Morgan fingerprint density at radius 2 is 1.14 bits per heavy atom. The van der Waals surface area contributed by atoms with E-state index in [1.165, 1.54) is 18.2 Å². The molecule has 8 nitrogen and oxygen atoms in total. The van der Waals surface area contributed by atoms with Crippen LogP contribution in [0.4, 0.5) is 17.1 Å². The second-order valence-corrected chi connectivity index (χ2v) is 7.97. The first-order valence-electron chi connectivity index (χ1n) is 12.0. The summed E-state index contributed by atoms with van der Waals surface area (Å²) in [6.07, 6.45) is 0. The number of nitrogens with zero attached hydrogens (tertiary/aromatic N) is 4. The van der Waals surface area contributed by atoms with Crippen LogP contribution in [0.15, 0.2) is 78.9 Å². The number of ether oxygens (including phenoxy) is 2. The van der Waals surface area contributed by atoms with E-state index >= 15 is 0 Å². The van der Waals surface area contributed by atoms with Crippen molar-refractivity contribution >= 4 is 29.0 Å². The summed E-state index contributed by atoms with van der Waals surface area (Å²) in [6.45, 7) is 6.92. The first-order chi connectivity index (χ1) is 17.5. The van der Waals surface area contributed by atoms with Gasteiger partial charge >= 0.3 is 17.6 Å². The van der Waals surface area contributed by atoms with Gasteiger partial charge in [0.1, 0.15) is 13.2 Å². The number of esters is 2. The van der Waals surface area contributed by atoms with Gasteiger partial charge in [-0.05, 0) is 44.2 Å². The maximum absolute atomic E-state index is 12.7. The number of hydrogen-bond acceptors (Lipinski definition) is 7. The van der Waals surface area contributed by atoms with Gasteiger partial charge in [0.15, 0.2) is 4.98 Å². The van der Waals surface area contributed by atoms with Gasteiger partial charge in [-0.25, -0.2) is 9.59 Å². The van der Waals surface area contributed by atoms with E-state index in [4.69, 9.17) is 9.47 Å². The molecule has 36 heavy (non-hydrogen) atoms. The van der Waals surface area contributed by atoms with Crippen LogP contribution in [0, 0.1) is 5.39 Å². The number of diazo groups is 1. The molecule has 0 heterocycles. The number of carbonyl (C=O) groups is 2. The number of hydrogen-bond donors (Lipinski definition) is 0. The summed E-state index contributed by atoms with van der Waals surface area (Å²) < 4.78 is 10.9. The fraction of sp³-hybridized carbons (Fsp3) is 0.286. The van der Waals surface area contributed by atoms with Crippen molar-refractivity contribution in [3.05, 3.63) is 95.0 Å². The number of likely N-dealkylation sites (N-methyl/N-ethyl adjacent to an activating group) is 2. The molecule has 0 fully saturated rings. The van der Waals surface area contributed by atoms with Gasteiger partial charge in [0.25, 0.3) is 0 Å². The van der Waals surface area contributed by atoms with E-state index in [9.17, 15) is 15.0 Å². The van der Waals surface area contributed by atoms with Gasteiger partial charge in [-0.1, -0.05) is 36.4 Å². The molecule has 0 N–H and O–H groups in total. The van der Waals surface area contributed by atoms with Gasteiger partial charge in [0, 0.05) is 36.6 Å². The second-order valence-electron chi connectivity index (χ2n) is 7.97. The smallest absolute Gasteiger partial charge is 0.386 e. The summed E-state index contributed by atoms with van der Waals surface area (Å²) in [5, 5.41) is 9.27. The highest BCUT2D eigenvalue weighted by molar-refractivity contribution is 5.97. The first-order valence-corrected chi connectivity index (χ1v) is 12.0. The van der Waals surface area contributed by atoms with Crippen molar-refractivity contribution in [1.82, 2.24) is 0 Å². The molecule has 0 aliphatic heterocycles. The number of carbonyl (C=O) groups excluding carboxylic acids is 2. The minimum absolute atomic E-state index is 0.0651. The zero-order valence-corrected chi connectivity index (χ0v) is 20.7. The highest BCUT2D eigenvalue weighted by atomic mass is 16.5. The van der Waals surface area contributed by atoms with E-state index in [1.807, 2.05) is 74.5 Å². The Balaban J connectivity index is 1.58. The molecular formula is C28H31N4O4+. The standard InChI is InChI=1S/C28H31N4O4/c1-3-31(25-11-7-5-8-12-25)15-17-35-27(33)22-19-23(21-24(20-22)30-29)28(34)36-18-16-32(4-2)26-13-9-6-10-14-26/h5-14,19-21H,3-4,15-18H2,1-2H3/q+1. The zero-order chi connectivity index (χ0) is 25.8. The van der Waals surface area contributed by atoms with Crippen LogP contribution < -0.4 is 9.80 Å². The fourth-order valence-corrected chi connectivity index (χ4v) is 3.79. The van der Waals surface area contributed by atoms with Gasteiger partial charge in [-0.3, -0.25) is 0 Å². The SMILES string of the molecule is CCN(CCOC(=O)c1cc([N+]#N)cc(C(=O)OCCN(CC)c2ccccc2)c1)c1ccccc1. The lowest BCUT2D eigenvalue weighted by Gasteiger charge is -2.22. The van der Waals surface area contributed by atoms with Crippen LogP contribution in [0.3, 0.4) is 0 Å². The normalized spacial score (nSPS) is 10.2. The number of benzene rings is 3. The molecule has 0 saturated carbocycles. The van der Waals surface area contributed by atoms with E-state index < -0.39 is 11.9 Å². The lowest BCUT2D eigenvalue weighted by molar-refractivity contribution is 0.0514. The van der Waals surface area contributed by atoms with Gasteiger partial charge in [-0.2, -0.15) is 0 Å². The second kappa shape index (κ2) is 13.5. The van der Waals surface area contributed by atoms with Crippen LogP contribution in [-0.4, -0.2) is 51.3 Å². The molecule has 0 unspecified atom stereocenters. The van der Waals surface area contributed by atoms with E-state index in [0.29, 0.717) is 13.1 Å². The van der Waals surface area contributed by atoms with E-state index in [-0.39, 0.29) is 30.0 Å². The number of anilines is 2. The molecular weight excluding hydrogens is 456 g/mol. The molecule has 3 aromatic rings. The molecule has 0 bridgehead atoms. The van der Waals surface area contributed by atoms with Gasteiger partial charge < -0.3 is 19.3 Å². The van der Waals surface area contributed by atoms with E-state index in [0.717, 1.165) is 24.5 Å². The van der Waals surface area contributed by atoms with Crippen molar-refractivity contribution in [3.8, 4) is 0 Å². The Morgan fingerprint density at radius 1 is 0.722 bits per heavy atom. The molecule has 0 spiro atoms. The van der Waals surface area contributed by atoms with Crippen molar-refractivity contribution in [1.29, 1.82) is 5.39 Å². The lowest BCUT2D eigenvalue weighted by Crippen LogP contribution is -2.28. The molecule has 0 amide bonds. The summed E-state index contributed by atoms with van der Waals surface area (Å²) in [6, 6.07) is 23.8. The molecule has 186 valence electrons. The number of para-hydroxylation sites is 2. The molecule has 8 heteroatoms. The van der Waals surface area contributed by atoms with Crippen molar-refractivity contribution in [2.75, 3.05) is 49.2 Å². The Bertz CT molecular complexity index is 1100. The Hall–Kier alpha value is -4.38. The molecule has 0 atom stereocenters. The molecule has 0 aliphatic carbocycles. The minimum atomic E-state index is -0.611. The molecule has 0 saturated heterocycles. The summed E-state index contributed by atoms with van der Waals surface area (Å²) in [5.41, 5.74) is 2.36. The monoisotopic (exact) mass is 487 g/mol. The topological polar surface area (TPSA) is 87.2 Å². The Kier molecular flexibility index (Phi) is 9.83. The van der Waals surface area contributed by atoms with Crippen LogP contribution in [0.1, 0.15) is 34.6 Å². The third-order valence-electron chi connectivity index (χ3n) is 5.70. The predicted octanol–water partition coefficient (Wildman–Crippen LogP) is 5.54. The van der Waals surface area contributed by atoms with Gasteiger partial charge in [0.05, 0.1) is 24.2 Å². The van der Waals surface area contributed by atoms with Gasteiger partial charge in [-0.15, -0.1) is 0 Å². The molecule has 3 aromatic carbocycles. The maximum Gasteiger partial charge on any atom is 0.386 e. The van der Waals surface area contributed by atoms with Crippen molar-refractivity contribution in [3.63, 3.8) is 0 Å². The maximum atomic E-state index is 12.7. The highest BCUT2D eigenvalue weighted by Crippen LogP contribution is 2.20. The zero-order valence-electron chi connectivity index (χ0n) is 20.7. The summed E-state index contributed by atoms with van der Waals surface area (Å²) >= 11 is 0. The largest absolute Gasteiger partial charge is 0.460 e.